The Kier molecular flexibility index (Phi) is 5.39. The van der Waals surface area contributed by atoms with E-state index in [1.807, 2.05) is 12.1 Å². The number of hydrogen-bond acceptors (Lipinski definition) is 2. The van der Waals surface area contributed by atoms with Gasteiger partial charge >= 0.3 is 5.97 Å². The van der Waals surface area contributed by atoms with Gasteiger partial charge in [-0.15, -0.1) is 0 Å². The molecule has 0 radical (unpaired) electrons. The maximum absolute atomic E-state index is 12.8. The van der Waals surface area contributed by atoms with Crippen molar-refractivity contribution in [2.24, 2.45) is 0 Å². The van der Waals surface area contributed by atoms with E-state index in [-0.39, 0.29) is 12.3 Å². The van der Waals surface area contributed by atoms with Crippen LogP contribution in [0.1, 0.15) is 52.4 Å². The fraction of sp³-hybridized carbons (Fsp3) is 0.300. The smallest absolute Gasteiger partial charge is 0.305 e. The van der Waals surface area contributed by atoms with E-state index in [9.17, 15) is 14.7 Å². The number of nitrogens with one attached hydrogen (secondary N) is 1. The lowest BCUT2D eigenvalue weighted by atomic mass is 9.88. The number of carbonyl (C=O) groups is 2. The first kappa shape index (κ1) is 17.5. The molecule has 0 saturated carbocycles. The summed E-state index contributed by atoms with van der Waals surface area (Å²) >= 11 is 6.01. The fourth-order valence-electron chi connectivity index (χ4n) is 3.38. The molecule has 2 aromatic rings. The van der Waals surface area contributed by atoms with Gasteiger partial charge in [-0.2, -0.15) is 0 Å². The van der Waals surface area contributed by atoms with E-state index in [1.54, 1.807) is 24.3 Å². The highest BCUT2D eigenvalue weighted by Gasteiger charge is 2.22. The number of carboxylic acid groups (broad SMARTS) is 1. The number of hydrogen-bond donors (Lipinski definition) is 2. The third-order valence-corrected chi connectivity index (χ3v) is 4.81. The molecule has 0 saturated heterocycles. The Morgan fingerprint density at radius 2 is 1.88 bits per heavy atom. The molecular formula is C20H20ClNO3. The highest BCUT2D eigenvalue weighted by Crippen LogP contribution is 2.26. The molecule has 0 bridgehead atoms. The predicted octanol–water partition coefficient (Wildman–Crippen LogP) is 4.16. The Bertz CT molecular complexity index is 803. The van der Waals surface area contributed by atoms with Crippen LogP contribution < -0.4 is 5.32 Å². The molecule has 2 aromatic carbocycles. The Morgan fingerprint density at radius 1 is 1.12 bits per heavy atom. The van der Waals surface area contributed by atoms with Gasteiger partial charge in [-0.1, -0.05) is 35.9 Å². The SMILES string of the molecule is O=C(O)CC(NC(=O)c1cccc2c1CCCC2)c1cccc(Cl)c1. The minimum Gasteiger partial charge on any atom is -0.481 e. The number of aliphatic carboxylic acids is 1. The molecule has 1 amide bonds. The van der Waals surface area contributed by atoms with Gasteiger partial charge in [0.25, 0.3) is 5.91 Å². The number of rotatable bonds is 5. The highest BCUT2D eigenvalue weighted by molar-refractivity contribution is 6.30. The first-order chi connectivity index (χ1) is 12.0. The second kappa shape index (κ2) is 7.70. The van der Waals surface area contributed by atoms with Crippen LogP contribution in [-0.2, 0) is 17.6 Å². The average molecular weight is 358 g/mol. The summed E-state index contributed by atoms with van der Waals surface area (Å²) in [5, 5.41) is 12.6. The van der Waals surface area contributed by atoms with Gasteiger partial charge in [0.05, 0.1) is 12.5 Å². The molecule has 130 valence electrons. The van der Waals surface area contributed by atoms with Crippen molar-refractivity contribution in [3.8, 4) is 0 Å². The molecule has 4 nitrogen and oxygen atoms in total. The van der Waals surface area contributed by atoms with Crippen LogP contribution in [0.5, 0.6) is 0 Å². The standard InChI is InChI=1S/C20H20ClNO3/c21-15-8-3-7-14(11-15)18(12-19(23)24)22-20(25)17-10-4-6-13-5-1-2-9-16(13)17/h3-4,6-8,10-11,18H,1-2,5,9,12H2,(H,22,25)(H,23,24). The number of amides is 1. The molecule has 0 aromatic heterocycles. The van der Waals surface area contributed by atoms with Crippen LogP contribution in [0.2, 0.25) is 5.02 Å². The maximum Gasteiger partial charge on any atom is 0.305 e. The number of halogens is 1. The third kappa shape index (κ3) is 4.20. The molecule has 1 aliphatic rings. The monoisotopic (exact) mass is 357 g/mol. The lowest BCUT2D eigenvalue weighted by molar-refractivity contribution is -0.137. The molecule has 0 fully saturated rings. The lowest BCUT2D eigenvalue weighted by Gasteiger charge is -2.22. The molecule has 25 heavy (non-hydrogen) atoms. The van der Waals surface area contributed by atoms with Crippen molar-refractivity contribution in [3.63, 3.8) is 0 Å². The van der Waals surface area contributed by atoms with Gasteiger partial charge in [0.15, 0.2) is 0 Å². The van der Waals surface area contributed by atoms with E-state index in [0.717, 1.165) is 31.2 Å². The molecule has 5 heteroatoms. The number of benzene rings is 2. The van der Waals surface area contributed by atoms with E-state index in [4.69, 9.17) is 11.6 Å². The van der Waals surface area contributed by atoms with Crippen molar-refractivity contribution in [2.75, 3.05) is 0 Å². The molecule has 1 atom stereocenters. The number of carboxylic acids is 1. The minimum absolute atomic E-state index is 0.193. The Labute approximate surface area is 151 Å². The van der Waals surface area contributed by atoms with Crippen molar-refractivity contribution in [1.82, 2.24) is 5.32 Å². The second-order valence-corrected chi connectivity index (χ2v) is 6.77. The molecule has 0 spiro atoms. The van der Waals surface area contributed by atoms with Crippen LogP contribution in [0.15, 0.2) is 42.5 Å². The Hall–Kier alpha value is -2.33. The summed E-state index contributed by atoms with van der Waals surface area (Å²) in [7, 11) is 0. The topological polar surface area (TPSA) is 66.4 Å². The van der Waals surface area contributed by atoms with E-state index in [2.05, 4.69) is 11.4 Å². The van der Waals surface area contributed by atoms with Crippen molar-refractivity contribution in [2.45, 2.75) is 38.1 Å². The number of fused-ring (bicyclic) bond motifs is 1. The summed E-state index contributed by atoms with van der Waals surface area (Å²) in [4.78, 5) is 24.1. The van der Waals surface area contributed by atoms with E-state index >= 15 is 0 Å². The largest absolute Gasteiger partial charge is 0.481 e. The normalized spacial score (nSPS) is 14.4. The van der Waals surface area contributed by atoms with Crippen LogP contribution >= 0.6 is 11.6 Å². The van der Waals surface area contributed by atoms with E-state index in [1.165, 1.54) is 5.56 Å². The zero-order valence-corrected chi connectivity index (χ0v) is 14.6. The average Bonchev–Trinajstić information content (AvgIpc) is 2.60. The molecule has 1 unspecified atom stereocenters. The summed E-state index contributed by atoms with van der Waals surface area (Å²) in [5.74, 6) is -1.20. The molecule has 0 heterocycles. The summed E-state index contributed by atoms with van der Waals surface area (Å²) in [5.41, 5.74) is 3.64. The molecule has 1 aliphatic carbocycles. The summed E-state index contributed by atoms with van der Waals surface area (Å²) < 4.78 is 0. The summed E-state index contributed by atoms with van der Waals surface area (Å²) in [6.07, 6.45) is 3.90. The van der Waals surface area contributed by atoms with Gasteiger partial charge < -0.3 is 10.4 Å². The van der Waals surface area contributed by atoms with Crippen LogP contribution in [0.4, 0.5) is 0 Å². The van der Waals surface area contributed by atoms with Crippen molar-refractivity contribution in [3.05, 3.63) is 69.7 Å². The molecule has 0 aliphatic heterocycles. The van der Waals surface area contributed by atoms with Crippen molar-refractivity contribution < 1.29 is 14.7 Å². The van der Waals surface area contributed by atoms with Gasteiger partial charge in [-0.3, -0.25) is 9.59 Å². The van der Waals surface area contributed by atoms with Crippen LogP contribution in [0.3, 0.4) is 0 Å². The van der Waals surface area contributed by atoms with Crippen LogP contribution in [0.25, 0.3) is 0 Å². The summed E-state index contributed by atoms with van der Waals surface area (Å²) in [6.45, 7) is 0. The Balaban J connectivity index is 1.87. The van der Waals surface area contributed by atoms with Gasteiger partial charge in [0.1, 0.15) is 0 Å². The van der Waals surface area contributed by atoms with Crippen LogP contribution in [-0.4, -0.2) is 17.0 Å². The second-order valence-electron chi connectivity index (χ2n) is 6.33. The number of carbonyl (C=O) groups excluding carboxylic acids is 1. The Morgan fingerprint density at radius 3 is 2.64 bits per heavy atom. The lowest BCUT2D eigenvalue weighted by Crippen LogP contribution is -2.31. The maximum atomic E-state index is 12.8. The zero-order chi connectivity index (χ0) is 17.8. The van der Waals surface area contributed by atoms with E-state index < -0.39 is 12.0 Å². The third-order valence-electron chi connectivity index (χ3n) is 4.58. The predicted molar refractivity (Wildman–Crippen MR) is 97.0 cm³/mol. The van der Waals surface area contributed by atoms with Crippen molar-refractivity contribution >= 4 is 23.5 Å². The van der Waals surface area contributed by atoms with Crippen LogP contribution in [0, 0.1) is 0 Å². The molecule has 3 rings (SSSR count). The summed E-state index contributed by atoms with van der Waals surface area (Å²) in [6, 6.07) is 12.1. The quantitative estimate of drug-likeness (QED) is 0.844. The van der Waals surface area contributed by atoms with E-state index in [0.29, 0.717) is 16.1 Å². The van der Waals surface area contributed by atoms with Gasteiger partial charge in [0, 0.05) is 10.6 Å². The minimum atomic E-state index is -0.972. The molecule has 2 N–H and O–H groups in total. The molecular weight excluding hydrogens is 338 g/mol. The van der Waals surface area contributed by atoms with Crippen molar-refractivity contribution in [1.29, 1.82) is 0 Å². The first-order valence-corrected chi connectivity index (χ1v) is 8.81. The van der Waals surface area contributed by atoms with Gasteiger partial charge in [0.2, 0.25) is 0 Å². The van der Waals surface area contributed by atoms with Gasteiger partial charge in [-0.05, 0) is 60.6 Å². The highest BCUT2D eigenvalue weighted by atomic mass is 35.5. The fourth-order valence-corrected chi connectivity index (χ4v) is 3.58. The first-order valence-electron chi connectivity index (χ1n) is 8.43. The number of aryl methyl sites for hydroxylation is 1. The zero-order valence-electron chi connectivity index (χ0n) is 13.8. The van der Waals surface area contributed by atoms with Gasteiger partial charge in [-0.25, -0.2) is 0 Å².